The van der Waals surface area contributed by atoms with Gasteiger partial charge in [0.05, 0.1) is 66.1 Å². The highest BCUT2D eigenvalue weighted by Crippen LogP contribution is 2.30. The van der Waals surface area contributed by atoms with E-state index in [2.05, 4.69) is 0 Å². The second-order valence-corrected chi connectivity index (χ2v) is 8.31. The Balaban J connectivity index is 1.64. The molecule has 8 heteroatoms. The highest BCUT2D eigenvalue weighted by molar-refractivity contribution is 6.28. The van der Waals surface area contributed by atoms with Gasteiger partial charge in [-0.05, 0) is 36.1 Å². The molecule has 0 saturated heterocycles. The van der Waals surface area contributed by atoms with E-state index in [0.29, 0.717) is 101 Å². The van der Waals surface area contributed by atoms with Crippen LogP contribution >= 0.6 is 0 Å². The topological polar surface area (TPSA) is 89.5 Å². The van der Waals surface area contributed by atoms with Gasteiger partial charge in [0.2, 0.25) is 0 Å². The molecule has 1 aliphatic rings. The predicted octanol–water partition coefficient (Wildman–Crippen LogP) is 2.91. The van der Waals surface area contributed by atoms with E-state index in [-0.39, 0.29) is 11.6 Å². The fourth-order valence-electron chi connectivity index (χ4n) is 3.99. The van der Waals surface area contributed by atoms with Crippen molar-refractivity contribution in [2.75, 3.05) is 80.3 Å². The Bertz CT molecular complexity index is 910. The van der Waals surface area contributed by atoms with Crippen LogP contribution in [-0.4, -0.2) is 91.9 Å². The summed E-state index contributed by atoms with van der Waals surface area (Å²) in [5.41, 5.74) is 3.77. The first kappa shape index (κ1) is 28.1. The standard InChI is InChI=1S/C28H36O8/c1-31-11-13-35-17-15-33-9-7-21-19-25-26(28(30)24-6-4-3-5-23(24)27(25)29)20-22(21)8-10-34-16-18-36-14-12-32-2/h3-6,19-20H,7-18H2,1-2H3. The van der Waals surface area contributed by atoms with Gasteiger partial charge < -0.3 is 28.4 Å². The van der Waals surface area contributed by atoms with E-state index in [9.17, 15) is 9.59 Å². The van der Waals surface area contributed by atoms with Crippen molar-refractivity contribution in [2.45, 2.75) is 12.8 Å². The first-order valence-corrected chi connectivity index (χ1v) is 12.3. The van der Waals surface area contributed by atoms with Crippen LogP contribution < -0.4 is 0 Å². The average molecular weight is 501 g/mol. The third-order valence-corrected chi connectivity index (χ3v) is 5.88. The molecule has 0 atom stereocenters. The third kappa shape index (κ3) is 8.03. The zero-order chi connectivity index (χ0) is 25.6. The summed E-state index contributed by atoms with van der Waals surface area (Å²) in [4.78, 5) is 26.3. The van der Waals surface area contributed by atoms with Crippen LogP contribution in [0.4, 0.5) is 0 Å². The summed E-state index contributed by atoms with van der Waals surface area (Å²) in [6.45, 7) is 5.05. The lowest BCUT2D eigenvalue weighted by Crippen LogP contribution is -2.22. The number of ketones is 2. The number of hydrogen-bond donors (Lipinski definition) is 0. The van der Waals surface area contributed by atoms with E-state index < -0.39 is 0 Å². The largest absolute Gasteiger partial charge is 0.382 e. The molecule has 1 aliphatic carbocycles. The number of carbonyl (C=O) groups is 2. The van der Waals surface area contributed by atoms with Gasteiger partial charge in [0.1, 0.15) is 0 Å². The highest BCUT2D eigenvalue weighted by Gasteiger charge is 2.30. The molecule has 0 spiro atoms. The van der Waals surface area contributed by atoms with E-state index in [1.54, 1.807) is 38.5 Å². The van der Waals surface area contributed by atoms with Crippen molar-refractivity contribution in [1.29, 1.82) is 0 Å². The molecule has 36 heavy (non-hydrogen) atoms. The zero-order valence-electron chi connectivity index (χ0n) is 21.2. The van der Waals surface area contributed by atoms with Gasteiger partial charge in [-0.15, -0.1) is 0 Å². The Morgan fingerprint density at radius 1 is 0.500 bits per heavy atom. The monoisotopic (exact) mass is 500 g/mol. The van der Waals surface area contributed by atoms with Crippen molar-refractivity contribution in [3.05, 3.63) is 69.8 Å². The minimum absolute atomic E-state index is 0.120. The molecule has 2 aromatic carbocycles. The van der Waals surface area contributed by atoms with Crippen LogP contribution in [0.15, 0.2) is 36.4 Å². The summed E-state index contributed by atoms with van der Waals surface area (Å²) in [5, 5.41) is 0. The molecule has 0 aromatic heterocycles. The van der Waals surface area contributed by atoms with E-state index in [1.807, 2.05) is 12.1 Å². The lowest BCUT2D eigenvalue weighted by atomic mass is 9.81. The molecule has 0 N–H and O–H groups in total. The molecule has 8 nitrogen and oxygen atoms in total. The first-order chi connectivity index (χ1) is 17.7. The molecule has 0 unspecified atom stereocenters. The van der Waals surface area contributed by atoms with Crippen molar-refractivity contribution in [2.24, 2.45) is 0 Å². The lowest BCUT2D eigenvalue weighted by molar-refractivity contribution is 0.0248. The van der Waals surface area contributed by atoms with Crippen molar-refractivity contribution in [3.8, 4) is 0 Å². The van der Waals surface area contributed by atoms with Gasteiger partial charge in [-0.1, -0.05) is 24.3 Å². The minimum atomic E-state index is -0.120. The van der Waals surface area contributed by atoms with Gasteiger partial charge >= 0.3 is 0 Å². The molecule has 0 saturated carbocycles. The summed E-state index contributed by atoms with van der Waals surface area (Å²) in [5.74, 6) is -0.241. The predicted molar refractivity (Wildman–Crippen MR) is 134 cm³/mol. The number of carbonyl (C=O) groups excluding carboxylic acids is 2. The van der Waals surface area contributed by atoms with E-state index in [1.165, 1.54) is 0 Å². The van der Waals surface area contributed by atoms with Gasteiger partial charge in [0.25, 0.3) is 0 Å². The minimum Gasteiger partial charge on any atom is -0.382 e. The fraction of sp³-hybridized carbons (Fsp3) is 0.500. The maximum atomic E-state index is 13.2. The first-order valence-electron chi connectivity index (χ1n) is 12.3. The molecule has 3 rings (SSSR count). The second kappa shape index (κ2) is 15.6. The third-order valence-electron chi connectivity index (χ3n) is 5.88. The van der Waals surface area contributed by atoms with Gasteiger partial charge in [-0.25, -0.2) is 0 Å². The molecular weight excluding hydrogens is 464 g/mol. The molecule has 0 fully saturated rings. The van der Waals surface area contributed by atoms with Gasteiger partial charge in [0, 0.05) is 36.5 Å². The smallest absolute Gasteiger partial charge is 0.194 e. The molecule has 0 radical (unpaired) electrons. The summed E-state index contributed by atoms with van der Waals surface area (Å²) in [7, 11) is 3.27. The molecule has 0 amide bonds. The molecular formula is C28H36O8. The van der Waals surface area contributed by atoms with E-state index in [4.69, 9.17) is 28.4 Å². The SMILES string of the molecule is COCCOCCOCCc1cc2c(cc1CCOCCOCCOC)C(=O)c1ccccc1C2=O. The van der Waals surface area contributed by atoms with Gasteiger partial charge in [-0.2, -0.15) is 0 Å². The summed E-state index contributed by atoms with van der Waals surface area (Å²) < 4.78 is 32.2. The Kier molecular flexibility index (Phi) is 12.2. The average Bonchev–Trinajstić information content (AvgIpc) is 2.90. The summed E-state index contributed by atoms with van der Waals surface area (Å²) >= 11 is 0. The Labute approximate surface area is 212 Å². The number of hydrogen-bond acceptors (Lipinski definition) is 8. The maximum absolute atomic E-state index is 13.2. The number of benzene rings is 2. The van der Waals surface area contributed by atoms with Crippen molar-refractivity contribution < 1.29 is 38.0 Å². The van der Waals surface area contributed by atoms with Crippen molar-refractivity contribution >= 4 is 11.6 Å². The number of methoxy groups -OCH3 is 2. The Morgan fingerprint density at radius 2 is 0.861 bits per heavy atom. The van der Waals surface area contributed by atoms with Crippen LogP contribution in [0, 0.1) is 0 Å². The van der Waals surface area contributed by atoms with Crippen LogP contribution in [0.25, 0.3) is 0 Å². The van der Waals surface area contributed by atoms with Gasteiger partial charge in [0.15, 0.2) is 11.6 Å². The van der Waals surface area contributed by atoms with Crippen LogP contribution in [0.3, 0.4) is 0 Å². The van der Waals surface area contributed by atoms with E-state index >= 15 is 0 Å². The van der Waals surface area contributed by atoms with Crippen LogP contribution in [0.5, 0.6) is 0 Å². The molecule has 0 heterocycles. The summed E-state index contributed by atoms with van der Waals surface area (Å²) in [6.07, 6.45) is 1.23. The quantitative estimate of drug-likeness (QED) is 0.246. The Hall–Kier alpha value is -2.46. The fourth-order valence-corrected chi connectivity index (χ4v) is 3.99. The van der Waals surface area contributed by atoms with Crippen LogP contribution in [-0.2, 0) is 41.3 Å². The second-order valence-electron chi connectivity index (χ2n) is 8.31. The highest BCUT2D eigenvalue weighted by atomic mass is 16.5. The molecule has 0 aliphatic heterocycles. The molecule has 2 aromatic rings. The number of rotatable bonds is 18. The number of fused-ring (bicyclic) bond motifs is 2. The maximum Gasteiger partial charge on any atom is 0.194 e. The molecule has 196 valence electrons. The van der Waals surface area contributed by atoms with Crippen LogP contribution in [0.1, 0.15) is 43.0 Å². The summed E-state index contributed by atoms with van der Waals surface area (Å²) in [6, 6.07) is 10.7. The normalized spacial score (nSPS) is 12.6. The van der Waals surface area contributed by atoms with E-state index in [0.717, 1.165) is 11.1 Å². The Morgan fingerprint density at radius 3 is 1.25 bits per heavy atom. The van der Waals surface area contributed by atoms with Crippen LogP contribution in [0.2, 0.25) is 0 Å². The molecule has 0 bridgehead atoms. The van der Waals surface area contributed by atoms with Crippen molar-refractivity contribution in [3.63, 3.8) is 0 Å². The number of ether oxygens (including phenoxy) is 6. The van der Waals surface area contributed by atoms with Crippen molar-refractivity contribution in [1.82, 2.24) is 0 Å². The van der Waals surface area contributed by atoms with Gasteiger partial charge in [-0.3, -0.25) is 9.59 Å². The zero-order valence-corrected chi connectivity index (χ0v) is 21.2. The lowest BCUT2D eigenvalue weighted by Gasteiger charge is -2.21.